The molecule has 0 bridgehead atoms. The van der Waals surface area contributed by atoms with E-state index in [1.165, 1.54) is 0 Å². The van der Waals surface area contributed by atoms with Gasteiger partial charge in [0.1, 0.15) is 0 Å². The zero-order chi connectivity index (χ0) is 12.1. The van der Waals surface area contributed by atoms with Crippen molar-refractivity contribution in [2.24, 2.45) is 0 Å². The second-order valence-electron chi connectivity index (χ2n) is 4.20. The summed E-state index contributed by atoms with van der Waals surface area (Å²) in [5, 5.41) is 5.44. The van der Waals surface area contributed by atoms with Crippen molar-refractivity contribution < 1.29 is 4.79 Å². The molecule has 1 aromatic rings. The van der Waals surface area contributed by atoms with E-state index in [0.717, 1.165) is 22.4 Å². The van der Waals surface area contributed by atoms with E-state index in [9.17, 15) is 4.79 Å². The van der Waals surface area contributed by atoms with Crippen molar-refractivity contribution in [3.63, 3.8) is 0 Å². The number of urea groups is 1. The second kappa shape index (κ2) is 5.35. The average molecular weight is 218 g/mol. The Balaban J connectivity index is 2.66. The van der Waals surface area contributed by atoms with Gasteiger partial charge in [0.15, 0.2) is 0 Å². The number of anilines is 1. The highest BCUT2D eigenvalue weighted by atomic mass is 16.2. The minimum Gasteiger partial charge on any atom is -0.314 e. The molecule has 1 aromatic carbocycles. The third kappa shape index (κ3) is 4.17. The third-order valence-corrected chi connectivity index (χ3v) is 1.97. The first-order valence-corrected chi connectivity index (χ1v) is 5.26. The molecule has 2 N–H and O–H groups in total. The van der Waals surface area contributed by atoms with E-state index in [4.69, 9.17) is 0 Å². The normalized spacial score (nSPS) is 9.50. The summed E-state index contributed by atoms with van der Waals surface area (Å²) in [4.78, 5) is 11.5. The lowest BCUT2D eigenvalue weighted by Crippen LogP contribution is -2.24. The Kier molecular flexibility index (Phi) is 4.11. The second-order valence-corrected chi connectivity index (χ2v) is 4.20. The first-order valence-electron chi connectivity index (χ1n) is 5.26. The third-order valence-electron chi connectivity index (χ3n) is 1.97. The number of aryl methyl sites for hydroxylation is 2. The highest BCUT2D eigenvalue weighted by molar-refractivity contribution is 5.90. The number of allylic oxidation sites excluding steroid dienone is 1. The van der Waals surface area contributed by atoms with Gasteiger partial charge in [0.25, 0.3) is 0 Å². The van der Waals surface area contributed by atoms with Crippen molar-refractivity contribution in [2.75, 3.05) is 5.32 Å². The molecule has 0 atom stereocenters. The van der Waals surface area contributed by atoms with E-state index in [0.29, 0.717) is 0 Å². The molecule has 0 aliphatic heterocycles. The number of hydrogen-bond donors (Lipinski definition) is 2. The van der Waals surface area contributed by atoms with Crippen molar-refractivity contribution in [3.8, 4) is 0 Å². The summed E-state index contributed by atoms with van der Waals surface area (Å²) in [6, 6.07) is 5.73. The van der Waals surface area contributed by atoms with E-state index in [1.54, 1.807) is 6.20 Å². The van der Waals surface area contributed by atoms with Gasteiger partial charge >= 0.3 is 6.03 Å². The Bertz CT molecular complexity index is 398. The van der Waals surface area contributed by atoms with Crippen molar-refractivity contribution >= 4 is 11.7 Å². The highest BCUT2D eigenvalue weighted by Crippen LogP contribution is 2.13. The van der Waals surface area contributed by atoms with Gasteiger partial charge in [-0.1, -0.05) is 11.6 Å². The molecule has 0 heterocycles. The fourth-order valence-corrected chi connectivity index (χ4v) is 1.42. The Morgan fingerprint density at radius 2 is 1.69 bits per heavy atom. The molecule has 0 unspecified atom stereocenters. The summed E-state index contributed by atoms with van der Waals surface area (Å²) in [6.07, 6.45) is 1.68. The van der Waals surface area contributed by atoms with Gasteiger partial charge in [-0.3, -0.25) is 0 Å². The van der Waals surface area contributed by atoms with Crippen LogP contribution in [0.25, 0.3) is 0 Å². The maximum absolute atomic E-state index is 11.5. The molecule has 0 fully saturated rings. The summed E-state index contributed by atoms with van der Waals surface area (Å²) < 4.78 is 0. The summed E-state index contributed by atoms with van der Waals surface area (Å²) >= 11 is 0. The van der Waals surface area contributed by atoms with Crippen LogP contribution < -0.4 is 10.6 Å². The van der Waals surface area contributed by atoms with Gasteiger partial charge in [-0.25, -0.2) is 4.79 Å². The molecule has 0 spiro atoms. The lowest BCUT2D eigenvalue weighted by atomic mass is 10.1. The lowest BCUT2D eigenvalue weighted by molar-refractivity contribution is 0.255. The maximum atomic E-state index is 11.5. The van der Waals surface area contributed by atoms with Gasteiger partial charge in [-0.05, 0) is 51.0 Å². The number of nitrogens with one attached hydrogen (secondary N) is 2. The Morgan fingerprint density at radius 1 is 1.12 bits per heavy atom. The molecule has 0 saturated heterocycles. The van der Waals surface area contributed by atoms with E-state index < -0.39 is 0 Å². The summed E-state index contributed by atoms with van der Waals surface area (Å²) in [7, 11) is 0. The van der Waals surface area contributed by atoms with Crippen molar-refractivity contribution in [2.45, 2.75) is 27.7 Å². The minimum absolute atomic E-state index is 0.216. The fraction of sp³-hybridized carbons (Fsp3) is 0.308. The first-order chi connectivity index (χ1) is 7.47. The predicted octanol–water partition coefficient (Wildman–Crippen LogP) is 3.35. The molecule has 86 valence electrons. The van der Waals surface area contributed by atoms with Crippen LogP contribution in [0.5, 0.6) is 0 Å². The molecule has 2 amide bonds. The van der Waals surface area contributed by atoms with Gasteiger partial charge in [0.05, 0.1) is 0 Å². The maximum Gasteiger partial charge on any atom is 0.323 e. The minimum atomic E-state index is -0.216. The average Bonchev–Trinajstić information content (AvgIpc) is 2.12. The Labute approximate surface area is 96.6 Å². The molecular weight excluding hydrogens is 200 g/mol. The largest absolute Gasteiger partial charge is 0.323 e. The zero-order valence-electron chi connectivity index (χ0n) is 10.2. The van der Waals surface area contributed by atoms with Crippen LogP contribution >= 0.6 is 0 Å². The molecule has 0 aliphatic carbocycles. The number of benzene rings is 1. The smallest absolute Gasteiger partial charge is 0.314 e. The van der Waals surface area contributed by atoms with Crippen LogP contribution in [0, 0.1) is 13.8 Å². The first kappa shape index (κ1) is 12.3. The zero-order valence-corrected chi connectivity index (χ0v) is 10.2. The van der Waals surface area contributed by atoms with E-state index >= 15 is 0 Å². The van der Waals surface area contributed by atoms with Crippen LogP contribution in [0.15, 0.2) is 30.0 Å². The number of amides is 2. The summed E-state index contributed by atoms with van der Waals surface area (Å²) in [6.45, 7) is 7.87. The van der Waals surface area contributed by atoms with Crippen molar-refractivity contribution in [1.29, 1.82) is 0 Å². The van der Waals surface area contributed by atoms with Gasteiger partial charge in [-0.2, -0.15) is 0 Å². The van der Waals surface area contributed by atoms with Crippen LogP contribution in [0.1, 0.15) is 25.0 Å². The standard InChI is InChI=1S/C13H18N2O/c1-9(2)8-14-13(16)15-12-6-10(3)5-11(4)7-12/h5-8H,1-4H3,(H2,14,15,16). The lowest BCUT2D eigenvalue weighted by Gasteiger charge is -2.07. The topological polar surface area (TPSA) is 41.1 Å². The van der Waals surface area contributed by atoms with Gasteiger partial charge < -0.3 is 10.6 Å². The number of rotatable bonds is 2. The van der Waals surface area contributed by atoms with Gasteiger partial charge in [-0.15, -0.1) is 0 Å². The molecule has 3 heteroatoms. The van der Waals surface area contributed by atoms with Gasteiger partial charge in [0.2, 0.25) is 0 Å². The fourth-order valence-electron chi connectivity index (χ4n) is 1.42. The van der Waals surface area contributed by atoms with Crippen LogP contribution in [0.3, 0.4) is 0 Å². The van der Waals surface area contributed by atoms with Crippen LogP contribution in [-0.4, -0.2) is 6.03 Å². The molecule has 0 radical (unpaired) electrons. The van der Waals surface area contributed by atoms with Gasteiger partial charge in [0, 0.05) is 11.9 Å². The summed E-state index contributed by atoms with van der Waals surface area (Å²) in [5.74, 6) is 0. The highest BCUT2D eigenvalue weighted by Gasteiger charge is 2.00. The van der Waals surface area contributed by atoms with Crippen LogP contribution in [0.2, 0.25) is 0 Å². The molecular formula is C13H18N2O. The quantitative estimate of drug-likeness (QED) is 0.785. The Hall–Kier alpha value is -1.77. The predicted molar refractivity (Wildman–Crippen MR) is 67.5 cm³/mol. The van der Waals surface area contributed by atoms with Crippen molar-refractivity contribution in [1.82, 2.24) is 5.32 Å². The molecule has 16 heavy (non-hydrogen) atoms. The molecule has 0 aromatic heterocycles. The SMILES string of the molecule is CC(C)=CNC(=O)Nc1cc(C)cc(C)c1. The van der Waals surface area contributed by atoms with E-state index in [2.05, 4.69) is 16.7 Å². The number of hydrogen-bond acceptors (Lipinski definition) is 1. The van der Waals surface area contributed by atoms with Crippen molar-refractivity contribution in [3.05, 3.63) is 41.1 Å². The number of carbonyl (C=O) groups excluding carboxylic acids is 1. The van der Waals surface area contributed by atoms with E-state index in [-0.39, 0.29) is 6.03 Å². The molecule has 1 rings (SSSR count). The van der Waals surface area contributed by atoms with Crippen LogP contribution in [0.4, 0.5) is 10.5 Å². The Morgan fingerprint density at radius 3 is 2.19 bits per heavy atom. The summed E-state index contributed by atoms with van der Waals surface area (Å²) in [5.41, 5.74) is 4.14. The monoisotopic (exact) mass is 218 g/mol. The molecule has 3 nitrogen and oxygen atoms in total. The number of carbonyl (C=O) groups is 1. The molecule has 0 aliphatic rings. The molecule has 0 saturated carbocycles. The van der Waals surface area contributed by atoms with Crippen LogP contribution in [-0.2, 0) is 0 Å². The van der Waals surface area contributed by atoms with E-state index in [1.807, 2.05) is 39.8 Å².